The van der Waals surface area contributed by atoms with Crippen LogP contribution in [0.3, 0.4) is 0 Å². The molecule has 3 rings (SSSR count). The highest BCUT2D eigenvalue weighted by Gasteiger charge is 2.25. The molecule has 1 amide bonds. The summed E-state index contributed by atoms with van der Waals surface area (Å²) < 4.78 is 12.8. The highest BCUT2D eigenvalue weighted by molar-refractivity contribution is 6.36. The van der Waals surface area contributed by atoms with Gasteiger partial charge >= 0.3 is 0 Å². The van der Waals surface area contributed by atoms with Gasteiger partial charge < -0.3 is 0 Å². The van der Waals surface area contributed by atoms with Crippen LogP contribution in [0.15, 0.2) is 63.6 Å². The summed E-state index contributed by atoms with van der Waals surface area (Å²) in [6.45, 7) is 0. The van der Waals surface area contributed by atoms with Gasteiger partial charge in [-0.15, -0.1) is 0 Å². The Labute approximate surface area is 130 Å². The highest BCUT2D eigenvalue weighted by atomic mass is 19.1. The van der Waals surface area contributed by atoms with E-state index in [1.54, 1.807) is 24.3 Å². The lowest BCUT2D eigenvalue weighted by Gasteiger charge is -2.11. The second kappa shape index (κ2) is 6.27. The number of para-hydroxylation sites is 2. The molecule has 0 saturated heterocycles. The van der Waals surface area contributed by atoms with Crippen LogP contribution < -0.4 is 16.1 Å². The van der Waals surface area contributed by atoms with E-state index in [1.165, 1.54) is 24.3 Å². The van der Waals surface area contributed by atoms with Gasteiger partial charge in [0.05, 0.1) is 16.4 Å². The van der Waals surface area contributed by atoms with Crippen LogP contribution in [0, 0.1) is 5.82 Å². The molecule has 1 aliphatic heterocycles. The van der Waals surface area contributed by atoms with Crippen molar-refractivity contribution in [3.05, 3.63) is 65.1 Å². The molecule has 2 aromatic carbocycles. The second-order valence-electron chi connectivity index (χ2n) is 4.74. The number of carbonyl (C=O) groups excluding carboxylic acids is 2. The normalized spacial score (nSPS) is 16.8. The van der Waals surface area contributed by atoms with E-state index in [1.807, 2.05) is 0 Å². The number of anilines is 1. The van der Waals surface area contributed by atoms with Crippen LogP contribution in [0.4, 0.5) is 10.1 Å². The van der Waals surface area contributed by atoms with E-state index < -0.39 is 11.9 Å². The summed E-state index contributed by atoms with van der Waals surface area (Å²) in [7, 11) is 0. The lowest BCUT2D eigenvalue weighted by atomic mass is 10.1. The predicted molar refractivity (Wildman–Crippen MR) is 81.1 cm³/mol. The zero-order valence-corrected chi connectivity index (χ0v) is 11.8. The molecule has 0 radical (unpaired) electrons. The van der Waals surface area contributed by atoms with Crippen LogP contribution in [0.2, 0.25) is 0 Å². The fourth-order valence-corrected chi connectivity index (χ4v) is 2.04. The number of nitrogens with zero attached hydrogens (tertiary/aromatic N) is 3. The van der Waals surface area contributed by atoms with E-state index in [0.717, 1.165) is 0 Å². The van der Waals surface area contributed by atoms with Gasteiger partial charge in [0, 0.05) is 0 Å². The Balaban J connectivity index is 1.90. The van der Waals surface area contributed by atoms with Crippen LogP contribution in [-0.2, 0) is 9.59 Å². The van der Waals surface area contributed by atoms with E-state index in [2.05, 4.69) is 20.5 Å². The van der Waals surface area contributed by atoms with E-state index in [0.29, 0.717) is 22.7 Å². The maximum Gasteiger partial charge on any atom is 0.277 e. The molecule has 0 aromatic heterocycles. The Bertz CT molecular complexity index is 906. The highest BCUT2D eigenvalue weighted by Crippen LogP contribution is 2.08. The molecule has 6 nitrogen and oxygen atoms in total. The number of amides is 1. The number of hydrogen-bond acceptors (Lipinski definition) is 5. The molecular weight excluding hydrogens is 299 g/mol. The molecule has 0 saturated carbocycles. The first-order valence-corrected chi connectivity index (χ1v) is 6.77. The van der Waals surface area contributed by atoms with Crippen molar-refractivity contribution in [1.82, 2.24) is 0 Å². The first kappa shape index (κ1) is 14.7. The van der Waals surface area contributed by atoms with Crippen LogP contribution in [-0.4, -0.2) is 23.9 Å². The second-order valence-corrected chi connectivity index (χ2v) is 4.74. The number of carbonyl (C=O) groups is 2. The average molecular weight is 310 g/mol. The van der Waals surface area contributed by atoms with E-state index in [9.17, 15) is 14.0 Å². The minimum Gasteiger partial charge on any atom is -0.296 e. The molecule has 1 heterocycles. The van der Waals surface area contributed by atoms with Crippen LogP contribution in [0.5, 0.6) is 0 Å². The van der Waals surface area contributed by atoms with E-state index in [-0.39, 0.29) is 11.5 Å². The van der Waals surface area contributed by atoms with Crippen molar-refractivity contribution in [3.8, 4) is 0 Å². The molecule has 0 fully saturated rings. The van der Waals surface area contributed by atoms with Crippen molar-refractivity contribution in [2.75, 3.05) is 5.43 Å². The molecule has 0 aliphatic carbocycles. The monoisotopic (exact) mass is 310 g/mol. The topological polar surface area (TPSA) is 83.2 Å². The molecule has 1 N–H and O–H groups in total. The van der Waals surface area contributed by atoms with Gasteiger partial charge in [0.25, 0.3) is 5.91 Å². The molecule has 1 unspecified atom stereocenters. The van der Waals surface area contributed by atoms with Crippen molar-refractivity contribution in [1.29, 1.82) is 0 Å². The maximum absolute atomic E-state index is 12.8. The third kappa shape index (κ3) is 3.18. The number of hydrogen-bond donors (Lipinski definition) is 1. The van der Waals surface area contributed by atoms with Crippen molar-refractivity contribution in [2.45, 2.75) is 6.04 Å². The molecule has 114 valence electrons. The Morgan fingerprint density at radius 3 is 2.52 bits per heavy atom. The van der Waals surface area contributed by atoms with E-state index in [4.69, 9.17) is 0 Å². The standard InChI is InChI=1S/C16H11FN4O2/c17-10-5-7-11(8-6-10)20-21-14(9-22)15-16(23)19-13-4-2-1-3-12(13)18-15/h1-9,15,20H/b21-14-. The predicted octanol–water partition coefficient (Wildman–Crippen LogP) is 0.641. The third-order valence-corrected chi connectivity index (χ3v) is 3.17. The molecule has 1 atom stereocenters. The van der Waals surface area contributed by atoms with Gasteiger partial charge in [0.2, 0.25) is 0 Å². The molecule has 0 spiro atoms. The molecule has 1 aliphatic rings. The summed E-state index contributed by atoms with van der Waals surface area (Å²) in [5.41, 5.74) is 2.98. The van der Waals surface area contributed by atoms with Gasteiger partial charge in [-0.2, -0.15) is 5.10 Å². The molecule has 23 heavy (non-hydrogen) atoms. The molecular formula is C16H11FN4O2. The minimum absolute atomic E-state index is 0.0995. The Morgan fingerprint density at radius 1 is 1.13 bits per heavy atom. The van der Waals surface area contributed by atoms with Gasteiger partial charge in [-0.25, -0.2) is 9.38 Å². The number of hydrazone groups is 1. The van der Waals surface area contributed by atoms with Gasteiger partial charge in [-0.3, -0.25) is 20.0 Å². The average Bonchev–Trinajstić information content (AvgIpc) is 2.57. The number of aldehydes is 1. The first-order valence-electron chi connectivity index (χ1n) is 6.77. The number of fused-ring (bicyclic) bond motifs is 1. The lowest BCUT2D eigenvalue weighted by molar-refractivity contribution is -0.118. The largest absolute Gasteiger partial charge is 0.296 e. The van der Waals surface area contributed by atoms with Gasteiger partial charge in [-0.1, -0.05) is 12.1 Å². The van der Waals surface area contributed by atoms with Gasteiger partial charge in [0.1, 0.15) is 11.5 Å². The molecule has 7 heteroatoms. The van der Waals surface area contributed by atoms with Crippen molar-refractivity contribution in [2.24, 2.45) is 15.1 Å². The number of nitrogens with one attached hydrogen (secondary N) is 1. The van der Waals surface area contributed by atoms with E-state index >= 15 is 0 Å². The Morgan fingerprint density at radius 2 is 1.83 bits per heavy atom. The van der Waals surface area contributed by atoms with Crippen LogP contribution in [0.1, 0.15) is 0 Å². The summed E-state index contributed by atoms with van der Waals surface area (Å²) in [5.74, 6) is -0.946. The Hall–Kier alpha value is -3.22. The summed E-state index contributed by atoms with van der Waals surface area (Å²) in [5, 5.41) is 4.88. The van der Waals surface area contributed by atoms with Crippen molar-refractivity contribution in [3.63, 3.8) is 0 Å². The molecule has 0 bridgehead atoms. The summed E-state index contributed by atoms with van der Waals surface area (Å²) >= 11 is 0. The number of rotatable bonds is 4. The summed E-state index contributed by atoms with van der Waals surface area (Å²) in [4.78, 5) is 31.4. The summed E-state index contributed by atoms with van der Waals surface area (Å²) in [6.07, 6.45) is 0.450. The first-order chi connectivity index (χ1) is 11.2. The van der Waals surface area contributed by atoms with Crippen molar-refractivity contribution >= 4 is 23.6 Å². The summed E-state index contributed by atoms with van der Waals surface area (Å²) in [6, 6.07) is 11.2. The van der Waals surface area contributed by atoms with Crippen LogP contribution >= 0.6 is 0 Å². The number of benzene rings is 2. The Kier molecular flexibility index (Phi) is 4.01. The lowest BCUT2D eigenvalue weighted by Crippen LogP contribution is -2.41. The van der Waals surface area contributed by atoms with Gasteiger partial charge in [0.15, 0.2) is 12.3 Å². The zero-order valence-electron chi connectivity index (χ0n) is 11.8. The fraction of sp³-hybridized carbons (Fsp3) is 0.0625. The van der Waals surface area contributed by atoms with Crippen LogP contribution in [0.25, 0.3) is 0 Å². The van der Waals surface area contributed by atoms with Gasteiger partial charge in [-0.05, 0) is 36.4 Å². The zero-order chi connectivity index (χ0) is 16.2. The number of halogens is 1. The maximum atomic E-state index is 12.8. The molecule has 2 aromatic rings. The van der Waals surface area contributed by atoms with Crippen molar-refractivity contribution < 1.29 is 14.0 Å². The fourth-order valence-electron chi connectivity index (χ4n) is 2.04. The third-order valence-electron chi connectivity index (χ3n) is 3.17. The quantitative estimate of drug-likeness (QED) is 0.511. The smallest absolute Gasteiger partial charge is 0.277 e. The minimum atomic E-state index is -1.09. The SMILES string of the molecule is O=C/C(=N/Nc1ccc(F)cc1)C1N=c2ccccc2=NC1=O.